The van der Waals surface area contributed by atoms with Gasteiger partial charge >= 0.3 is 0 Å². The average Bonchev–Trinajstić information content (AvgIpc) is 2.57. The van der Waals surface area contributed by atoms with Crippen LogP contribution in [0.25, 0.3) is 0 Å². The van der Waals surface area contributed by atoms with E-state index < -0.39 is 10.0 Å². The highest BCUT2D eigenvalue weighted by atomic mass is 32.2. The van der Waals surface area contributed by atoms with E-state index in [2.05, 4.69) is 6.92 Å². The first-order valence-corrected chi connectivity index (χ1v) is 10.1. The van der Waals surface area contributed by atoms with Gasteiger partial charge in [0.1, 0.15) is 16.4 Å². The van der Waals surface area contributed by atoms with Crippen LogP contribution in [0.15, 0.2) is 17.0 Å². The second kappa shape index (κ2) is 8.18. The molecule has 0 amide bonds. The van der Waals surface area contributed by atoms with Crippen molar-refractivity contribution in [2.45, 2.75) is 32.6 Å². The number of piperazine rings is 1. The van der Waals surface area contributed by atoms with E-state index in [1.165, 1.54) is 4.90 Å². The summed E-state index contributed by atoms with van der Waals surface area (Å²) in [6.07, 6.45) is 0. The maximum atomic E-state index is 13.1. The monoisotopic (exact) mass is 357 g/mol. The van der Waals surface area contributed by atoms with Gasteiger partial charge in [-0.25, -0.2) is 8.42 Å². The number of hydrogen-bond donors (Lipinski definition) is 1. The SMILES string of the molecule is CCOc1cc(S(=O)(=O)N2CC[NH+](CC)CC2)c(OCC)cc1C. The van der Waals surface area contributed by atoms with Gasteiger partial charge in [0.15, 0.2) is 0 Å². The van der Waals surface area contributed by atoms with Crippen LogP contribution in [0.3, 0.4) is 0 Å². The second-order valence-corrected chi connectivity index (χ2v) is 7.84. The summed E-state index contributed by atoms with van der Waals surface area (Å²) in [5, 5.41) is 0. The number of quaternary nitrogens is 1. The molecule has 1 heterocycles. The molecule has 0 aliphatic carbocycles. The molecule has 0 unspecified atom stereocenters. The topological polar surface area (TPSA) is 60.3 Å². The lowest BCUT2D eigenvalue weighted by Crippen LogP contribution is -3.14. The Morgan fingerprint density at radius 3 is 2.17 bits per heavy atom. The Bertz CT molecular complexity index is 653. The van der Waals surface area contributed by atoms with Crippen LogP contribution >= 0.6 is 0 Å². The van der Waals surface area contributed by atoms with E-state index in [1.54, 1.807) is 16.4 Å². The number of nitrogens with one attached hydrogen (secondary N) is 1. The third-order valence-electron chi connectivity index (χ3n) is 4.39. The zero-order chi connectivity index (χ0) is 17.7. The lowest BCUT2D eigenvalue weighted by Gasteiger charge is -2.31. The lowest BCUT2D eigenvalue weighted by molar-refractivity contribution is -0.901. The van der Waals surface area contributed by atoms with Crippen LogP contribution in [-0.2, 0) is 10.0 Å². The summed E-state index contributed by atoms with van der Waals surface area (Å²) in [5.74, 6) is 1.00. The minimum absolute atomic E-state index is 0.207. The van der Waals surface area contributed by atoms with Gasteiger partial charge < -0.3 is 14.4 Å². The van der Waals surface area contributed by atoms with Crippen LogP contribution < -0.4 is 14.4 Å². The number of aryl methyl sites for hydroxylation is 1. The zero-order valence-corrected chi connectivity index (χ0v) is 15.9. The Hall–Kier alpha value is -1.31. The molecule has 0 saturated carbocycles. The van der Waals surface area contributed by atoms with E-state index in [4.69, 9.17) is 9.47 Å². The molecule has 6 nitrogen and oxygen atoms in total. The van der Waals surface area contributed by atoms with Crippen molar-refractivity contribution in [1.29, 1.82) is 0 Å². The smallest absolute Gasteiger partial charge is 0.247 e. The predicted octanol–water partition coefficient (Wildman–Crippen LogP) is 0.702. The molecule has 1 aliphatic heterocycles. The van der Waals surface area contributed by atoms with Crippen LogP contribution in [0.1, 0.15) is 26.3 Å². The molecule has 1 aromatic carbocycles. The van der Waals surface area contributed by atoms with E-state index in [0.717, 1.165) is 25.2 Å². The van der Waals surface area contributed by atoms with E-state index in [9.17, 15) is 8.42 Å². The number of rotatable bonds is 7. The van der Waals surface area contributed by atoms with Gasteiger partial charge in [-0.3, -0.25) is 0 Å². The van der Waals surface area contributed by atoms with E-state index >= 15 is 0 Å². The molecule has 136 valence electrons. The fraction of sp³-hybridized carbons (Fsp3) is 0.647. The van der Waals surface area contributed by atoms with E-state index in [1.807, 2.05) is 20.8 Å². The van der Waals surface area contributed by atoms with Gasteiger partial charge in [-0.1, -0.05) is 0 Å². The van der Waals surface area contributed by atoms with E-state index in [0.29, 0.717) is 37.8 Å². The highest BCUT2D eigenvalue weighted by molar-refractivity contribution is 7.89. The van der Waals surface area contributed by atoms with Crippen LogP contribution in [0.4, 0.5) is 0 Å². The molecule has 0 radical (unpaired) electrons. The summed E-state index contributed by atoms with van der Waals surface area (Å²) in [4.78, 5) is 1.64. The molecule has 7 heteroatoms. The molecule has 2 rings (SSSR count). The molecular weight excluding hydrogens is 328 g/mol. The summed E-state index contributed by atoms with van der Waals surface area (Å²) in [7, 11) is -3.59. The summed E-state index contributed by atoms with van der Waals surface area (Å²) >= 11 is 0. The van der Waals surface area contributed by atoms with Crippen molar-refractivity contribution in [3.8, 4) is 11.5 Å². The number of nitrogens with zero attached hydrogens (tertiary/aromatic N) is 1. The molecule has 24 heavy (non-hydrogen) atoms. The standard InChI is InChI=1S/C17H28N2O4S/c1-5-18-8-10-19(11-9-18)24(20,21)17-13-15(22-6-2)14(4)12-16(17)23-7-3/h12-13H,5-11H2,1-4H3/p+1. The lowest BCUT2D eigenvalue weighted by atomic mass is 10.2. The predicted molar refractivity (Wildman–Crippen MR) is 93.5 cm³/mol. The Morgan fingerprint density at radius 1 is 1.04 bits per heavy atom. The normalized spacial score (nSPS) is 17.0. The Morgan fingerprint density at radius 2 is 1.62 bits per heavy atom. The highest BCUT2D eigenvalue weighted by Crippen LogP contribution is 2.33. The first-order chi connectivity index (χ1) is 11.4. The minimum Gasteiger partial charge on any atom is -0.494 e. The third kappa shape index (κ3) is 4.02. The van der Waals surface area contributed by atoms with Crippen LogP contribution in [-0.4, -0.2) is 58.7 Å². The molecule has 0 bridgehead atoms. The van der Waals surface area contributed by atoms with Crippen LogP contribution in [0.2, 0.25) is 0 Å². The maximum Gasteiger partial charge on any atom is 0.247 e. The number of benzene rings is 1. The Balaban J connectivity index is 2.38. The summed E-state index contributed by atoms with van der Waals surface area (Å²) in [5.41, 5.74) is 0.875. The summed E-state index contributed by atoms with van der Waals surface area (Å²) in [6.45, 7) is 12.4. The van der Waals surface area contributed by atoms with Crippen LogP contribution in [0, 0.1) is 6.92 Å². The fourth-order valence-corrected chi connectivity index (χ4v) is 4.53. The number of likely N-dealkylation sites (N-methyl/N-ethyl adjacent to an activating group) is 1. The average molecular weight is 357 g/mol. The van der Waals surface area contributed by atoms with Gasteiger partial charge in [0, 0.05) is 6.07 Å². The largest absolute Gasteiger partial charge is 0.494 e. The van der Waals surface area contributed by atoms with Gasteiger partial charge in [-0.2, -0.15) is 4.31 Å². The van der Waals surface area contributed by atoms with Crippen molar-refractivity contribution in [1.82, 2.24) is 4.31 Å². The van der Waals surface area contributed by atoms with Crippen molar-refractivity contribution < 1.29 is 22.8 Å². The molecule has 1 N–H and O–H groups in total. The maximum absolute atomic E-state index is 13.1. The van der Waals surface area contributed by atoms with E-state index in [-0.39, 0.29) is 4.90 Å². The van der Waals surface area contributed by atoms with Crippen molar-refractivity contribution in [3.63, 3.8) is 0 Å². The summed E-state index contributed by atoms with van der Waals surface area (Å²) in [6, 6.07) is 3.37. The quantitative estimate of drug-likeness (QED) is 0.780. The van der Waals surface area contributed by atoms with Crippen molar-refractivity contribution >= 4 is 10.0 Å². The number of hydrogen-bond acceptors (Lipinski definition) is 4. The number of sulfonamides is 1. The Kier molecular flexibility index (Phi) is 6.48. The van der Waals surface area contributed by atoms with Crippen LogP contribution in [0.5, 0.6) is 11.5 Å². The van der Waals surface area contributed by atoms with Crippen molar-refractivity contribution in [2.24, 2.45) is 0 Å². The second-order valence-electron chi connectivity index (χ2n) is 5.94. The zero-order valence-electron chi connectivity index (χ0n) is 15.1. The van der Waals surface area contributed by atoms with Crippen molar-refractivity contribution in [2.75, 3.05) is 45.9 Å². The van der Waals surface area contributed by atoms with Gasteiger partial charge in [0.25, 0.3) is 0 Å². The highest BCUT2D eigenvalue weighted by Gasteiger charge is 2.32. The summed E-state index contributed by atoms with van der Waals surface area (Å²) < 4.78 is 39.0. The van der Waals surface area contributed by atoms with Gasteiger partial charge in [-0.05, 0) is 39.3 Å². The fourth-order valence-electron chi connectivity index (χ4n) is 2.96. The number of ether oxygens (including phenoxy) is 2. The minimum atomic E-state index is -3.59. The molecule has 0 spiro atoms. The van der Waals surface area contributed by atoms with Gasteiger partial charge in [-0.15, -0.1) is 0 Å². The van der Waals surface area contributed by atoms with Crippen molar-refractivity contribution in [3.05, 3.63) is 17.7 Å². The first kappa shape index (κ1) is 19.0. The third-order valence-corrected chi connectivity index (χ3v) is 6.31. The molecule has 1 fully saturated rings. The van der Waals surface area contributed by atoms with Gasteiger partial charge in [0.05, 0.1) is 45.9 Å². The molecule has 0 aromatic heterocycles. The first-order valence-electron chi connectivity index (χ1n) is 8.67. The molecular formula is C17H29N2O4S+. The molecule has 0 atom stereocenters. The molecule has 1 aromatic rings. The molecule has 1 saturated heterocycles. The van der Waals surface area contributed by atoms with Gasteiger partial charge in [0.2, 0.25) is 10.0 Å². The molecule has 1 aliphatic rings. The Labute approximate surface area is 145 Å².